The SMILES string of the molecule is O=c1cc(C(F)(F)F)c2ccc(N3CCCC3)cc2o1. The number of halogens is 3. The summed E-state index contributed by atoms with van der Waals surface area (Å²) in [5, 5.41) is -0.0833. The van der Waals surface area contributed by atoms with E-state index in [4.69, 9.17) is 4.42 Å². The van der Waals surface area contributed by atoms with E-state index in [0.29, 0.717) is 6.07 Å². The van der Waals surface area contributed by atoms with Crippen molar-refractivity contribution in [2.45, 2.75) is 19.0 Å². The fraction of sp³-hybridized carbons (Fsp3) is 0.357. The maximum atomic E-state index is 12.9. The van der Waals surface area contributed by atoms with Gasteiger partial charge in [-0.1, -0.05) is 0 Å². The highest BCUT2D eigenvalue weighted by atomic mass is 19.4. The molecular formula is C14H12F3NO2. The van der Waals surface area contributed by atoms with Gasteiger partial charge in [0.25, 0.3) is 0 Å². The highest BCUT2D eigenvalue weighted by Gasteiger charge is 2.33. The molecule has 0 bridgehead atoms. The molecule has 0 saturated carbocycles. The largest absolute Gasteiger partial charge is 0.423 e. The zero-order valence-electron chi connectivity index (χ0n) is 10.5. The van der Waals surface area contributed by atoms with E-state index >= 15 is 0 Å². The topological polar surface area (TPSA) is 33.5 Å². The van der Waals surface area contributed by atoms with Crippen molar-refractivity contribution in [1.29, 1.82) is 0 Å². The maximum absolute atomic E-state index is 12.9. The number of hydrogen-bond acceptors (Lipinski definition) is 3. The Balaban J connectivity index is 2.17. The molecule has 0 radical (unpaired) electrons. The second-order valence-electron chi connectivity index (χ2n) is 4.85. The van der Waals surface area contributed by atoms with Gasteiger partial charge in [0.1, 0.15) is 5.58 Å². The molecule has 0 spiro atoms. The van der Waals surface area contributed by atoms with Crippen LogP contribution in [-0.2, 0) is 6.18 Å². The molecule has 1 aromatic carbocycles. The summed E-state index contributed by atoms with van der Waals surface area (Å²) in [7, 11) is 0. The van der Waals surface area contributed by atoms with Crippen molar-refractivity contribution in [2.24, 2.45) is 0 Å². The van der Waals surface area contributed by atoms with E-state index in [1.807, 2.05) is 0 Å². The Kier molecular flexibility index (Phi) is 2.96. The van der Waals surface area contributed by atoms with Gasteiger partial charge in [-0.3, -0.25) is 0 Å². The van der Waals surface area contributed by atoms with Crippen LogP contribution in [0.25, 0.3) is 11.0 Å². The molecule has 1 aliphatic heterocycles. The summed E-state index contributed by atoms with van der Waals surface area (Å²) in [6.45, 7) is 1.74. The van der Waals surface area contributed by atoms with Crippen LogP contribution in [0.2, 0.25) is 0 Å². The van der Waals surface area contributed by atoms with Gasteiger partial charge in [-0.2, -0.15) is 13.2 Å². The molecule has 0 unspecified atom stereocenters. The van der Waals surface area contributed by atoms with Gasteiger partial charge in [-0.05, 0) is 25.0 Å². The van der Waals surface area contributed by atoms with Crippen molar-refractivity contribution in [2.75, 3.05) is 18.0 Å². The van der Waals surface area contributed by atoms with E-state index in [1.54, 1.807) is 6.07 Å². The molecular weight excluding hydrogens is 271 g/mol. The second-order valence-corrected chi connectivity index (χ2v) is 4.85. The molecule has 2 heterocycles. The van der Waals surface area contributed by atoms with Gasteiger partial charge in [0, 0.05) is 36.3 Å². The molecule has 0 aliphatic carbocycles. The first-order chi connectivity index (χ1) is 9.45. The summed E-state index contributed by atoms with van der Waals surface area (Å²) in [6, 6.07) is 5.02. The number of hydrogen-bond donors (Lipinski definition) is 0. The van der Waals surface area contributed by atoms with Crippen molar-refractivity contribution in [3.8, 4) is 0 Å². The van der Waals surface area contributed by atoms with Crippen LogP contribution in [0, 0.1) is 0 Å². The fourth-order valence-electron chi connectivity index (χ4n) is 2.56. The molecule has 3 nitrogen and oxygen atoms in total. The number of anilines is 1. The van der Waals surface area contributed by atoms with E-state index < -0.39 is 17.4 Å². The summed E-state index contributed by atoms with van der Waals surface area (Å²) in [5.74, 6) is 0. The Labute approximate surface area is 112 Å². The van der Waals surface area contributed by atoms with Crippen LogP contribution in [0.15, 0.2) is 33.5 Å². The lowest BCUT2D eigenvalue weighted by Crippen LogP contribution is -2.17. The minimum atomic E-state index is -4.57. The predicted octanol–water partition coefficient (Wildman–Crippen LogP) is 3.41. The van der Waals surface area contributed by atoms with Crippen LogP contribution < -0.4 is 10.5 Å². The lowest BCUT2D eigenvalue weighted by molar-refractivity contribution is -0.136. The van der Waals surface area contributed by atoms with Gasteiger partial charge < -0.3 is 9.32 Å². The molecule has 6 heteroatoms. The third-order valence-corrected chi connectivity index (χ3v) is 3.50. The molecule has 106 valence electrons. The monoisotopic (exact) mass is 283 g/mol. The summed E-state index contributed by atoms with van der Waals surface area (Å²) in [6.07, 6.45) is -2.45. The van der Waals surface area contributed by atoms with E-state index in [1.165, 1.54) is 12.1 Å². The molecule has 0 atom stereocenters. The number of rotatable bonds is 1. The Morgan fingerprint density at radius 3 is 2.45 bits per heavy atom. The molecule has 3 rings (SSSR count). The summed E-state index contributed by atoms with van der Waals surface area (Å²) in [5.41, 5.74) is -1.16. The van der Waals surface area contributed by atoms with Gasteiger partial charge in [0.05, 0.1) is 5.56 Å². The van der Waals surface area contributed by atoms with E-state index in [-0.39, 0.29) is 11.0 Å². The number of fused-ring (bicyclic) bond motifs is 1. The lowest BCUT2D eigenvalue weighted by atomic mass is 10.1. The summed E-state index contributed by atoms with van der Waals surface area (Å²) in [4.78, 5) is 13.4. The van der Waals surface area contributed by atoms with Crippen LogP contribution >= 0.6 is 0 Å². The minimum absolute atomic E-state index is 0.0192. The standard InChI is InChI=1S/C14H12F3NO2/c15-14(16,17)11-8-13(19)20-12-7-9(3-4-10(11)12)18-5-1-2-6-18/h3-4,7-8H,1-2,5-6H2. The van der Waals surface area contributed by atoms with Gasteiger partial charge in [0.2, 0.25) is 0 Å². The minimum Gasteiger partial charge on any atom is -0.423 e. The summed E-state index contributed by atoms with van der Waals surface area (Å²) < 4.78 is 43.6. The van der Waals surface area contributed by atoms with Gasteiger partial charge in [-0.25, -0.2) is 4.79 Å². The van der Waals surface area contributed by atoms with Crippen LogP contribution in [0.5, 0.6) is 0 Å². The van der Waals surface area contributed by atoms with Crippen molar-refractivity contribution in [3.05, 3.63) is 40.2 Å². The molecule has 1 fully saturated rings. The second kappa shape index (κ2) is 4.54. The van der Waals surface area contributed by atoms with Crippen LogP contribution in [-0.4, -0.2) is 13.1 Å². The third-order valence-electron chi connectivity index (χ3n) is 3.50. The molecule has 2 aromatic rings. The van der Waals surface area contributed by atoms with Crippen LogP contribution in [0.4, 0.5) is 18.9 Å². The quantitative estimate of drug-likeness (QED) is 0.752. The van der Waals surface area contributed by atoms with Crippen LogP contribution in [0.3, 0.4) is 0 Å². The highest BCUT2D eigenvalue weighted by Crippen LogP contribution is 2.35. The van der Waals surface area contributed by atoms with Crippen molar-refractivity contribution in [1.82, 2.24) is 0 Å². The van der Waals surface area contributed by atoms with Gasteiger partial charge in [0.15, 0.2) is 0 Å². The first-order valence-electron chi connectivity index (χ1n) is 6.35. The van der Waals surface area contributed by atoms with Gasteiger partial charge in [-0.15, -0.1) is 0 Å². The first kappa shape index (κ1) is 13.0. The molecule has 1 saturated heterocycles. The van der Waals surface area contributed by atoms with Crippen LogP contribution in [0.1, 0.15) is 18.4 Å². The maximum Gasteiger partial charge on any atom is 0.417 e. The van der Waals surface area contributed by atoms with E-state index in [2.05, 4.69) is 4.90 Å². The highest BCUT2D eigenvalue weighted by molar-refractivity contribution is 5.84. The molecule has 0 N–H and O–H groups in total. The lowest BCUT2D eigenvalue weighted by Gasteiger charge is -2.18. The molecule has 1 aliphatic rings. The number of benzene rings is 1. The smallest absolute Gasteiger partial charge is 0.417 e. The number of nitrogens with zero attached hydrogens (tertiary/aromatic N) is 1. The van der Waals surface area contributed by atoms with Gasteiger partial charge >= 0.3 is 11.8 Å². The van der Waals surface area contributed by atoms with E-state index in [0.717, 1.165) is 31.6 Å². The number of alkyl halides is 3. The Bertz CT molecular complexity index is 700. The Hall–Kier alpha value is -1.98. The zero-order chi connectivity index (χ0) is 14.3. The third kappa shape index (κ3) is 2.26. The Morgan fingerprint density at radius 1 is 1.10 bits per heavy atom. The Morgan fingerprint density at radius 2 is 1.80 bits per heavy atom. The first-order valence-corrected chi connectivity index (χ1v) is 6.35. The fourth-order valence-corrected chi connectivity index (χ4v) is 2.56. The molecule has 20 heavy (non-hydrogen) atoms. The normalized spacial score (nSPS) is 16.1. The predicted molar refractivity (Wildman–Crippen MR) is 68.9 cm³/mol. The van der Waals surface area contributed by atoms with Crippen molar-refractivity contribution >= 4 is 16.7 Å². The average Bonchev–Trinajstić information content (AvgIpc) is 2.89. The summed E-state index contributed by atoms with van der Waals surface area (Å²) >= 11 is 0. The van der Waals surface area contributed by atoms with Crippen molar-refractivity contribution < 1.29 is 17.6 Å². The molecule has 0 amide bonds. The molecule has 1 aromatic heterocycles. The van der Waals surface area contributed by atoms with E-state index in [9.17, 15) is 18.0 Å². The van der Waals surface area contributed by atoms with Crippen molar-refractivity contribution in [3.63, 3.8) is 0 Å². The zero-order valence-corrected chi connectivity index (χ0v) is 10.5. The average molecular weight is 283 g/mol.